The van der Waals surface area contributed by atoms with E-state index in [2.05, 4.69) is 37.7 Å². The smallest absolute Gasteiger partial charge is 0.277 e. The van der Waals surface area contributed by atoms with Gasteiger partial charge in [0.2, 0.25) is 5.13 Å². The molecule has 7 nitrogen and oxygen atoms in total. The largest absolute Gasteiger partial charge is 0.369 e. The van der Waals surface area contributed by atoms with E-state index in [9.17, 15) is 4.79 Å². The van der Waals surface area contributed by atoms with Gasteiger partial charge < -0.3 is 5.32 Å². The van der Waals surface area contributed by atoms with E-state index in [0.29, 0.717) is 10.9 Å². The van der Waals surface area contributed by atoms with E-state index in [1.54, 1.807) is 5.51 Å². The average Bonchev–Trinajstić information content (AvgIpc) is 2.89. The molecule has 2 rings (SSSR count). The zero-order valence-corrected chi connectivity index (χ0v) is 10.6. The molecule has 0 spiro atoms. The lowest BCUT2D eigenvalue weighted by Gasteiger charge is -2.04. The van der Waals surface area contributed by atoms with Crippen LogP contribution in [-0.4, -0.2) is 32.6 Å². The molecule has 0 aromatic carbocycles. The standard InChI is InChI=1S/C10H12N6OS/c1-2-3-11-8-5-12-7(4-13-8)9(17)15-10-16-14-6-18-10/h4-6H,2-3H2,1H3,(H,11,13)(H,15,16,17). The molecule has 2 heterocycles. The lowest BCUT2D eigenvalue weighted by Crippen LogP contribution is -2.14. The molecule has 0 saturated carbocycles. The molecule has 2 N–H and O–H groups in total. The second-order valence-corrected chi connectivity index (χ2v) is 4.24. The second kappa shape index (κ2) is 6.01. The summed E-state index contributed by atoms with van der Waals surface area (Å²) in [6, 6.07) is 0. The van der Waals surface area contributed by atoms with Crippen molar-refractivity contribution in [2.24, 2.45) is 0 Å². The number of nitrogens with one attached hydrogen (secondary N) is 2. The summed E-state index contributed by atoms with van der Waals surface area (Å²) in [6.45, 7) is 2.88. The van der Waals surface area contributed by atoms with Gasteiger partial charge in [0, 0.05) is 6.54 Å². The van der Waals surface area contributed by atoms with Crippen LogP contribution in [0, 0.1) is 0 Å². The summed E-state index contributed by atoms with van der Waals surface area (Å²) in [5, 5.41) is 13.4. The first-order valence-corrected chi connectivity index (χ1v) is 6.31. The van der Waals surface area contributed by atoms with Crippen LogP contribution in [0.5, 0.6) is 0 Å². The van der Waals surface area contributed by atoms with Gasteiger partial charge in [-0.1, -0.05) is 18.3 Å². The highest BCUT2D eigenvalue weighted by atomic mass is 32.1. The van der Waals surface area contributed by atoms with Gasteiger partial charge in [-0.3, -0.25) is 10.1 Å². The van der Waals surface area contributed by atoms with Crippen molar-refractivity contribution < 1.29 is 4.79 Å². The van der Waals surface area contributed by atoms with Crippen molar-refractivity contribution in [3.8, 4) is 0 Å². The number of carbonyl (C=O) groups excluding carboxylic acids is 1. The quantitative estimate of drug-likeness (QED) is 0.848. The van der Waals surface area contributed by atoms with Gasteiger partial charge in [-0.15, -0.1) is 10.2 Å². The fourth-order valence-corrected chi connectivity index (χ4v) is 1.62. The summed E-state index contributed by atoms with van der Waals surface area (Å²) >= 11 is 1.25. The van der Waals surface area contributed by atoms with Crippen molar-refractivity contribution >= 4 is 28.2 Å². The first-order chi connectivity index (χ1) is 8.79. The number of anilines is 2. The van der Waals surface area contributed by atoms with Gasteiger partial charge in [0.1, 0.15) is 17.0 Å². The fourth-order valence-electron chi connectivity index (χ4n) is 1.18. The SMILES string of the molecule is CCCNc1cnc(C(=O)Nc2nncs2)cn1. The second-order valence-electron chi connectivity index (χ2n) is 3.41. The highest BCUT2D eigenvalue weighted by molar-refractivity contribution is 7.13. The van der Waals surface area contributed by atoms with E-state index in [0.717, 1.165) is 13.0 Å². The van der Waals surface area contributed by atoms with Gasteiger partial charge in [-0.2, -0.15) is 0 Å². The molecule has 0 aliphatic heterocycles. The van der Waals surface area contributed by atoms with Crippen molar-refractivity contribution in [3.05, 3.63) is 23.6 Å². The van der Waals surface area contributed by atoms with E-state index in [4.69, 9.17) is 0 Å². The number of nitrogens with zero attached hydrogens (tertiary/aromatic N) is 4. The molecule has 0 saturated heterocycles. The summed E-state index contributed by atoms with van der Waals surface area (Å²) in [6.07, 6.45) is 3.96. The molecular formula is C10H12N6OS. The van der Waals surface area contributed by atoms with E-state index in [1.165, 1.54) is 23.7 Å². The normalized spacial score (nSPS) is 10.1. The molecule has 0 aliphatic carbocycles. The van der Waals surface area contributed by atoms with E-state index >= 15 is 0 Å². The van der Waals surface area contributed by atoms with Crippen molar-refractivity contribution in [2.75, 3.05) is 17.2 Å². The van der Waals surface area contributed by atoms with Crippen LogP contribution in [0.15, 0.2) is 17.9 Å². The molecule has 0 bridgehead atoms. The molecule has 2 aromatic rings. The maximum Gasteiger partial charge on any atom is 0.277 e. The molecule has 94 valence electrons. The Morgan fingerprint density at radius 3 is 2.89 bits per heavy atom. The zero-order chi connectivity index (χ0) is 12.8. The van der Waals surface area contributed by atoms with Crippen LogP contribution in [0.25, 0.3) is 0 Å². The molecule has 2 aromatic heterocycles. The third-order valence-electron chi connectivity index (χ3n) is 2.02. The number of carbonyl (C=O) groups is 1. The number of hydrogen-bond acceptors (Lipinski definition) is 7. The van der Waals surface area contributed by atoms with Gasteiger partial charge in [0.15, 0.2) is 0 Å². The predicted molar refractivity (Wildman–Crippen MR) is 68.7 cm³/mol. The van der Waals surface area contributed by atoms with Crippen LogP contribution in [0.3, 0.4) is 0 Å². The maximum atomic E-state index is 11.7. The third kappa shape index (κ3) is 3.20. The Morgan fingerprint density at radius 2 is 2.28 bits per heavy atom. The Bertz CT molecular complexity index is 498. The van der Waals surface area contributed by atoms with E-state index in [1.807, 2.05) is 0 Å². The lowest BCUT2D eigenvalue weighted by molar-refractivity contribution is 0.102. The molecule has 0 fully saturated rings. The average molecular weight is 264 g/mol. The van der Waals surface area contributed by atoms with Crippen LogP contribution < -0.4 is 10.6 Å². The molecule has 8 heteroatoms. The predicted octanol–water partition coefficient (Wildman–Crippen LogP) is 1.40. The van der Waals surface area contributed by atoms with E-state index < -0.39 is 0 Å². The minimum absolute atomic E-state index is 0.243. The number of hydrogen-bond donors (Lipinski definition) is 2. The van der Waals surface area contributed by atoms with Crippen LogP contribution in [0.4, 0.5) is 10.9 Å². The van der Waals surface area contributed by atoms with Crippen molar-refractivity contribution in [1.29, 1.82) is 0 Å². The summed E-state index contributed by atoms with van der Waals surface area (Å²) < 4.78 is 0. The molecule has 18 heavy (non-hydrogen) atoms. The van der Waals surface area contributed by atoms with Gasteiger partial charge in [-0.05, 0) is 6.42 Å². The molecular weight excluding hydrogens is 252 g/mol. The number of aromatic nitrogens is 4. The minimum Gasteiger partial charge on any atom is -0.369 e. The van der Waals surface area contributed by atoms with Crippen LogP contribution in [0.2, 0.25) is 0 Å². The zero-order valence-electron chi connectivity index (χ0n) is 9.75. The monoisotopic (exact) mass is 264 g/mol. The Morgan fingerprint density at radius 1 is 1.39 bits per heavy atom. The third-order valence-corrected chi connectivity index (χ3v) is 2.63. The molecule has 1 amide bonds. The summed E-state index contributed by atoms with van der Waals surface area (Å²) in [4.78, 5) is 19.9. The molecule has 0 atom stereocenters. The summed E-state index contributed by atoms with van der Waals surface area (Å²) in [5.74, 6) is 0.311. The summed E-state index contributed by atoms with van der Waals surface area (Å²) in [7, 11) is 0. The highest BCUT2D eigenvalue weighted by Crippen LogP contribution is 2.09. The number of rotatable bonds is 5. The molecule has 0 unspecified atom stereocenters. The minimum atomic E-state index is -0.346. The Hall–Kier alpha value is -2.09. The fraction of sp³-hybridized carbons (Fsp3) is 0.300. The first kappa shape index (κ1) is 12.4. The molecule has 0 aliphatic rings. The van der Waals surface area contributed by atoms with Gasteiger partial charge >= 0.3 is 0 Å². The van der Waals surface area contributed by atoms with Crippen LogP contribution >= 0.6 is 11.3 Å². The van der Waals surface area contributed by atoms with E-state index in [-0.39, 0.29) is 11.6 Å². The van der Waals surface area contributed by atoms with Gasteiger partial charge in [0.25, 0.3) is 5.91 Å². The Kier molecular flexibility index (Phi) is 4.13. The van der Waals surface area contributed by atoms with Crippen molar-refractivity contribution in [3.63, 3.8) is 0 Å². The Labute approximate surface area is 108 Å². The maximum absolute atomic E-state index is 11.7. The van der Waals surface area contributed by atoms with Crippen LogP contribution in [-0.2, 0) is 0 Å². The van der Waals surface area contributed by atoms with Gasteiger partial charge in [-0.25, -0.2) is 9.97 Å². The Balaban J connectivity index is 1.98. The first-order valence-electron chi connectivity index (χ1n) is 5.43. The van der Waals surface area contributed by atoms with Gasteiger partial charge in [0.05, 0.1) is 12.4 Å². The van der Waals surface area contributed by atoms with Crippen LogP contribution in [0.1, 0.15) is 23.8 Å². The summed E-state index contributed by atoms with van der Waals surface area (Å²) in [5.41, 5.74) is 1.78. The van der Waals surface area contributed by atoms with Crippen molar-refractivity contribution in [2.45, 2.75) is 13.3 Å². The number of amides is 1. The molecule has 0 radical (unpaired) electrons. The topological polar surface area (TPSA) is 92.7 Å². The van der Waals surface area contributed by atoms with Crippen molar-refractivity contribution in [1.82, 2.24) is 20.2 Å². The highest BCUT2D eigenvalue weighted by Gasteiger charge is 2.09. The lowest BCUT2D eigenvalue weighted by atomic mass is 10.4.